The van der Waals surface area contributed by atoms with Crippen molar-refractivity contribution in [3.05, 3.63) is 0 Å². The minimum atomic E-state index is -7.11. The zero-order valence-electron chi connectivity index (χ0n) is 18.0. The number of unbranched alkanes of at least 4 members (excludes halogenated alkanes) is 3. The molecule has 0 aliphatic rings. The van der Waals surface area contributed by atoms with Gasteiger partial charge in [-0.2, -0.15) is 0 Å². The van der Waals surface area contributed by atoms with Gasteiger partial charge in [0.25, 0.3) is 0 Å². The van der Waals surface area contributed by atoms with E-state index in [2.05, 4.69) is 0 Å². The normalized spacial score (nSPS) is 15.5. The van der Waals surface area contributed by atoms with Crippen molar-refractivity contribution in [2.45, 2.75) is 70.3 Å². The quantitative estimate of drug-likeness (QED) is 0.247. The van der Waals surface area contributed by atoms with Crippen molar-refractivity contribution in [1.82, 2.24) is 3.48 Å². The molecule has 0 saturated carbocycles. The second-order valence-electron chi connectivity index (χ2n) is 7.77. The maximum atomic E-state index is 13.6. The van der Waals surface area contributed by atoms with Crippen molar-refractivity contribution in [3.63, 3.8) is 0 Å². The maximum absolute atomic E-state index is 13.6. The number of carboxylic acid groups (broad SMARTS) is 1. The summed E-state index contributed by atoms with van der Waals surface area (Å²) in [6.07, 6.45) is -3.38. The molecule has 0 radical (unpaired) electrons. The van der Waals surface area contributed by atoms with Gasteiger partial charge in [-0.1, -0.05) is 0 Å². The van der Waals surface area contributed by atoms with E-state index >= 15 is 0 Å². The monoisotopic (exact) mass is 541 g/mol. The van der Waals surface area contributed by atoms with Crippen molar-refractivity contribution < 1.29 is 53.1 Å². The van der Waals surface area contributed by atoms with Crippen LogP contribution in [0.3, 0.4) is 0 Å². The Balaban J connectivity index is 7.93. The number of aliphatic carboxylic acids is 1. The van der Waals surface area contributed by atoms with Gasteiger partial charge in [0.1, 0.15) is 0 Å². The Labute approximate surface area is 184 Å². The van der Waals surface area contributed by atoms with Crippen LogP contribution in [0.4, 0.5) is 26.3 Å². The average molecular weight is 542 g/mol. The molecule has 0 fully saturated rings. The fourth-order valence-electron chi connectivity index (χ4n) is 3.83. The Bertz CT molecular complexity index is 789. The van der Waals surface area contributed by atoms with E-state index < -0.39 is 71.9 Å². The van der Waals surface area contributed by atoms with E-state index in [1.165, 1.54) is 20.8 Å². The SMILES string of the molecule is CCCCP(CCCC)(CCCC)(CC(=O)O)N(S(=O)(=O)C(F)(F)F)S(=O)(=O)C(F)(F)F. The first-order chi connectivity index (χ1) is 14.3. The van der Waals surface area contributed by atoms with Gasteiger partial charge < -0.3 is 0 Å². The fourth-order valence-corrected chi connectivity index (χ4v) is 18.8. The van der Waals surface area contributed by atoms with Gasteiger partial charge in [-0.25, -0.2) is 0 Å². The van der Waals surface area contributed by atoms with Crippen LogP contribution in [0.15, 0.2) is 0 Å². The van der Waals surface area contributed by atoms with Crippen molar-refractivity contribution in [1.29, 1.82) is 0 Å². The van der Waals surface area contributed by atoms with E-state index in [1.807, 2.05) is 0 Å². The second-order valence-corrected chi connectivity index (χ2v) is 18.0. The Morgan fingerprint density at radius 2 is 1.03 bits per heavy atom. The summed E-state index contributed by atoms with van der Waals surface area (Å²) in [7, 11) is -14.2. The first-order valence-electron chi connectivity index (χ1n) is 9.94. The molecule has 0 bridgehead atoms. The summed E-state index contributed by atoms with van der Waals surface area (Å²) >= 11 is 0. The Hall–Kier alpha value is -0.660. The van der Waals surface area contributed by atoms with Gasteiger partial charge in [-0.15, -0.1) is 0 Å². The molecule has 1 N–H and O–H groups in total. The Morgan fingerprint density at radius 3 is 1.22 bits per heavy atom. The molecule has 0 unspecified atom stereocenters. The third-order valence-electron chi connectivity index (χ3n) is 5.26. The zero-order valence-corrected chi connectivity index (χ0v) is 20.6. The fraction of sp³-hybridized carbons (Fsp3) is 0.938. The topological polar surface area (TPSA) is 109 Å². The van der Waals surface area contributed by atoms with Crippen LogP contribution >= 0.6 is 6.75 Å². The summed E-state index contributed by atoms with van der Waals surface area (Å²) in [5, 5.41) is 9.55. The third-order valence-corrected chi connectivity index (χ3v) is 18.9. The molecule has 0 amide bonds. The summed E-state index contributed by atoms with van der Waals surface area (Å²) in [6, 6.07) is 0. The number of halogens is 6. The van der Waals surface area contributed by atoms with Gasteiger partial charge in [-0.3, -0.25) is 0 Å². The van der Waals surface area contributed by atoms with Gasteiger partial charge in [0.15, 0.2) is 0 Å². The summed E-state index contributed by atoms with van der Waals surface area (Å²) in [5.74, 6) is -1.86. The standard InChI is InChI=1S/C16H30F6NO6PS2/c1-4-7-10-30(11-8-5-2,12-9-6-3,13-14(24)25)23(31(26,27)15(17,18)19)32(28,29)16(20,21)22/h4-13H2,1-3H3,(H,24,25). The number of sulfonamides is 2. The number of rotatable bonds is 14. The van der Waals surface area contributed by atoms with Crippen molar-refractivity contribution in [2.24, 2.45) is 0 Å². The molecule has 0 atom stereocenters. The van der Waals surface area contributed by atoms with Crippen LogP contribution in [0.5, 0.6) is 0 Å². The molecule has 0 aliphatic carbocycles. The van der Waals surface area contributed by atoms with E-state index in [0.29, 0.717) is 0 Å². The first-order valence-corrected chi connectivity index (χ1v) is 15.8. The van der Waals surface area contributed by atoms with Gasteiger partial charge in [0, 0.05) is 0 Å². The molecule has 0 aromatic heterocycles. The van der Waals surface area contributed by atoms with Gasteiger partial charge in [0.2, 0.25) is 0 Å². The molecular weight excluding hydrogens is 511 g/mol. The van der Waals surface area contributed by atoms with Crippen molar-refractivity contribution >= 4 is 32.8 Å². The van der Waals surface area contributed by atoms with E-state index in [-0.39, 0.29) is 38.5 Å². The number of hydrogen-bond donors (Lipinski definition) is 1. The van der Waals surface area contributed by atoms with Crippen LogP contribution in [0.25, 0.3) is 0 Å². The van der Waals surface area contributed by atoms with Crippen LogP contribution in [-0.2, 0) is 24.8 Å². The van der Waals surface area contributed by atoms with E-state index in [0.717, 1.165) is 0 Å². The molecule has 0 saturated heterocycles. The van der Waals surface area contributed by atoms with E-state index in [9.17, 15) is 53.1 Å². The Kier molecular flexibility index (Phi) is 10.5. The molecule has 0 rings (SSSR count). The molecule has 0 aromatic carbocycles. The predicted octanol–water partition coefficient (Wildman–Crippen LogP) is 4.94. The Morgan fingerprint density at radius 1 is 0.750 bits per heavy atom. The van der Waals surface area contributed by atoms with Crippen LogP contribution in [0.2, 0.25) is 0 Å². The third kappa shape index (κ3) is 6.26. The molecule has 0 heterocycles. The summed E-state index contributed by atoms with van der Waals surface area (Å²) < 4.78 is 130. The van der Waals surface area contributed by atoms with E-state index in [4.69, 9.17) is 0 Å². The number of carbonyl (C=O) groups is 1. The van der Waals surface area contributed by atoms with Gasteiger partial charge >= 0.3 is 184 Å². The zero-order chi connectivity index (χ0) is 25.7. The van der Waals surface area contributed by atoms with Crippen molar-refractivity contribution in [3.8, 4) is 0 Å². The van der Waals surface area contributed by atoms with Crippen molar-refractivity contribution in [2.75, 3.05) is 24.6 Å². The van der Waals surface area contributed by atoms with E-state index in [1.54, 1.807) is 0 Å². The molecule has 32 heavy (non-hydrogen) atoms. The number of nitrogens with zero attached hydrogens (tertiary/aromatic N) is 1. The summed E-state index contributed by atoms with van der Waals surface area (Å²) in [4.78, 5) is 11.8. The number of hydrogen-bond acceptors (Lipinski definition) is 5. The molecule has 7 nitrogen and oxygen atoms in total. The number of alkyl halides is 6. The van der Waals surface area contributed by atoms with Crippen LogP contribution in [0.1, 0.15) is 59.3 Å². The number of carboxylic acids is 1. The van der Waals surface area contributed by atoms with Crippen LogP contribution in [-0.4, -0.2) is 67.1 Å². The molecule has 0 aromatic rings. The average Bonchev–Trinajstić information content (AvgIpc) is 2.60. The predicted molar refractivity (Wildman–Crippen MR) is 111 cm³/mol. The van der Waals surface area contributed by atoms with Crippen LogP contribution in [0, 0.1) is 0 Å². The summed E-state index contributed by atoms with van der Waals surface area (Å²) in [6.45, 7) is -0.932. The molecular formula is C16H30F6NO6PS2. The van der Waals surface area contributed by atoms with Gasteiger partial charge in [0.05, 0.1) is 0 Å². The van der Waals surface area contributed by atoms with Gasteiger partial charge in [-0.05, 0) is 0 Å². The van der Waals surface area contributed by atoms with Crippen LogP contribution < -0.4 is 0 Å². The molecule has 0 aliphatic heterocycles. The summed E-state index contributed by atoms with van der Waals surface area (Å²) in [5.41, 5.74) is -12.8. The second kappa shape index (κ2) is 10.7. The molecule has 194 valence electrons. The first kappa shape index (κ1) is 31.3. The molecule has 16 heteroatoms. The molecule has 0 spiro atoms. The minimum absolute atomic E-state index is 0.143.